The van der Waals surface area contributed by atoms with Crippen LogP contribution in [0.3, 0.4) is 0 Å². The molecule has 6 heteroatoms. The minimum atomic E-state index is -0.245. The summed E-state index contributed by atoms with van der Waals surface area (Å²) in [5.74, 6) is 0.560. The number of unbranched alkanes of at least 4 members (excludes halogenated alkanes) is 1. The Kier molecular flexibility index (Phi) is 5.26. The van der Waals surface area contributed by atoms with Crippen LogP contribution in [0.1, 0.15) is 35.9 Å². The fourth-order valence-electron chi connectivity index (χ4n) is 2.01. The normalized spacial score (nSPS) is 10.7. The highest BCUT2D eigenvalue weighted by atomic mass is 35.5. The summed E-state index contributed by atoms with van der Waals surface area (Å²) in [6.45, 7) is 2.84. The molecular weight excluding hydrogens is 311 g/mol. The number of rotatable bonds is 6. The molecule has 2 aromatic rings. The van der Waals surface area contributed by atoms with Gasteiger partial charge in [-0.05, 0) is 18.6 Å². The van der Waals surface area contributed by atoms with Crippen LogP contribution in [0.5, 0.6) is 5.75 Å². The van der Waals surface area contributed by atoms with Gasteiger partial charge < -0.3 is 9.30 Å². The van der Waals surface area contributed by atoms with Crippen molar-refractivity contribution in [1.82, 2.24) is 9.55 Å². The number of hydrogen-bond donors (Lipinski definition) is 0. The Hall–Kier alpha value is -1.52. The zero-order valence-electron chi connectivity index (χ0n) is 11.9. The van der Waals surface area contributed by atoms with Gasteiger partial charge in [0.25, 0.3) is 0 Å². The van der Waals surface area contributed by atoms with Gasteiger partial charge in [-0.15, -0.1) is 0 Å². The Morgan fingerprint density at radius 1 is 1.33 bits per heavy atom. The van der Waals surface area contributed by atoms with Crippen molar-refractivity contribution in [3.8, 4) is 5.75 Å². The van der Waals surface area contributed by atoms with E-state index in [1.54, 1.807) is 24.5 Å². The molecule has 0 saturated carbocycles. The highest BCUT2D eigenvalue weighted by Gasteiger charge is 2.21. The Morgan fingerprint density at radius 3 is 2.76 bits per heavy atom. The van der Waals surface area contributed by atoms with Gasteiger partial charge in [0.15, 0.2) is 5.82 Å². The number of methoxy groups -OCH3 is 1. The van der Waals surface area contributed by atoms with Crippen molar-refractivity contribution in [3.63, 3.8) is 0 Å². The van der Waals surface area contributed by atoms with Gasteiger partial charge in [0.1, 0.15) is 10.8 Å². The topological polar surface area (TPSA) is 44.1 Å². The number of ether oxygens (including phenoxy) is 1. The minimum Gasteiger partial charge on any atom is -0.495 e. The van der Waals surface area contributed by atoms with E-state index in [1.807, 2.05) is 4.57 Å². The second-order valence-corrected chi connectivity index (χ2v) is 5.33. The number of aromatic nitrogens is 2. The average molecular weight is 327 g/mol. The number of carbonyl (C=O) groups is 1. The first-order chi connectivity index (χ1) is 10.1. The zero-order chi connectivity index (χ0) is 15.4. The number of carbonyl (C=O) groups excluding carboxylic acids is 1. The lowest BCUT2D eigenvalue weighted by molar-refractivity contribution is 0.102. The Morgan fingerprint density at radius 2 is 2.10 bits per heavy atom. The standard InChI is InChI=1S/C15H16Cl2N2O2/c1-3-4-8-19-9-7-18-15(19)14(20)10-5-6-11(21-2)13(17)12(10)16/h5-7,9H,3-4,8H2,1-2H3. The van der Waals surface area contributed by atoms with Crippen molar-refractivity contribution in [2.24, 2.45) is 0 Å². The molecule has 0 atom stereocenters. The molecule has 0 N–H and O–H groups in total. The van der Waals surface area contributed by atoms with Crippen molar-refractivity contribution >= 4 is 29.0 Å². The third-order valence-electron chi connectivity index (χ3n) is 3.18. The summed E-state index contributed by atoms with van der Waals surface area (Å²) in [5.41, 5.74) is 0.325. The summed E-state index contributed by atoms with van der Waals surface area (Å²) >= 11 is 12.3. The van der Waals surface area contributed by atoms with Crippen LogP contribution in [0.4, 0.5) is 0 Å². The Balaban J connectivity index is 2.37. The molecule has 0 unspecified atom stereocenters. The first kappa shape index (κ1) is 15.9. The van der Waals surface area contributed by atoms with Gasteiger partial charge in [-0.1, -0.05) is 36.5 Å². The van der Waals surface area contributed by atoms with E-state index in [1.165, 1.54) is 7.11 Å². The van der Waals surface area contributed by atoms with Gasteiger partial charge in [0.2, 0.25) is 5.78 Å². The number of nitrogens with zero attached hydrogens (tertiary/aromatic N) is 2. The van der Waals surface area contributed by atoms with Crippen molar-refractivity contribution < 1.29 is 9.53 Å². The summed E-state index contributed by atoms with van der Waals surface area (Å²) in [6.07, 6.45) is 5.43. The summed E-state index contributed by atoms with van der Waals surface area (Å²) in [5, 5.41) is 0.419. The number of imidazole rings is 1. The lowest BCUT2D eigenvalue weighted by Gasteiger charge is -2.10. The van der Waals surface area contributed by atoms with Crippen molar-refractivity contribution in [1.29, 1.82) is 0 Å². The SMILES string of the molecule is CCCCn1ccnc1C(=O)c1ccc(OC)c(Cl)c1Cl. The molecule has 0 aliphatic rings. The second-order valence-electron chi connectivity index (χ2n) is 4.57. The maximum absolute atomic E-state index is 12.6. The number of halogens is 2. The fourth-order valence-corrected chi connectivity index (χ4v) is 2.50. The van der Waals surface area contributed by atoms with Crippen molar-refractivity contribution in [3.05, 3.63) is 46.0 Å². The Bertz CT molecular complexity index is 653. The summed E-state index contributed by atoms with van der Waals surface area (Å²) in [7, 11) is 1.50. The predicted molar refractivity (Wildman–Crippen MR) is 83.6 cm³/mol. The molecule has 2 rings (SSSR count). The average Bonchev–Trinajstić information content (AvgIpc) is 2.95. The third kappa shape index (κ3) is 3.22. The zero-order valence-corrected chi connectivity index (χ0v) is 13.4. The van der Waals surface area contributed by atoms with Gasteiger partial charge in [-0.2, -0.15) is 0 Å². The molecule has 1 aromatic carbocycles. The molecule has 0 saturated heterocycles. The first-order valence-electron chi connectivity index (χ1n) is 6.68. The lowest BCUT2D eigenvalue weighted by atomic mass is 10.1. The van der Waals surface area contributed by atoms with Gasteiger partial charge >= 0.3 is 0 Å². The number of ketones is 1. The van der Waals surface area contributed by atoms with Gasteiger partial charge in [-0.3, -0.25) is 4.79 Å². The van der Waals surface area contributed by atoms with Crippen molar-refractivity contribution in [2.75, 3.05) is 7.11 Å². The van der Waals surface area contributed by atoms with Crippen molar-refractivity contribution in [2.45, 2.75) is 26.3 Å². The van der Waals surface area contributed by atoms with Crippen LogP contribution >= 0.6 is 23.2 Å². The van der Waals surface area contributed by atoms with Crippen LogP contribution in [-0.4, -0.2) is 22.4 Å². The van der Waals surface area contributed by atoms with Crippen LogP contribution in [0, 0.1) is 0 Å². The monoisotopic (exact) mass is 326 g/mol. The Labute approximate surface area is 133 Å². The second kappa shape index (κ2) is 6.96. The molecule has 112 valence electrons. The molecule has 0 radical (unpaired) electrons. The summed E-state index contributed by atoms with van der Waals surface area (Å²) in [4.78, 5) is 16.7. The van der Waals surface area contributed by atoms with E-state index in [-0.39, 0.29) is 15.8 Å². The third-order valence-corrected chi connectivity index (χ3v) is 4.05. The number of benzene rings is 1. The van der Waals surface area contributed by atoms with Crippen LogP contribution in [0.25, 0.3) is 0 Å². The molecule has 1 aromatic heterocycles. The van der Waals surface area contributed by atoms with Crippen LogP contribution < -0.4 is 4.74 Å². The molecule has 21 heavy (non-hydrogen) atoms. The number of aryl methyl sites for hydroxylation is 1. The molecule has 0 bridgehead atoms. The van der Waals surface area contributed by atoms with E-state index in [4.69, 9.17) is 27.9 Å². The molecule has 0 aliphatic carbocycles. The van der Waals surface area contributed by atoms with E-state index in [9.17, 15) is 4.79 Å². The van der Waals surface area contributed by atoms with E-state index in [0.29, 0.717) is 17.1 Å². The quantitative estimate of drug-likeness (QED) is 0.746. The first-order valence-corrected chi connectivity index (χ1v) is 7.43. The lowest BCUT2D eigenvalue weighted by Crippen LogP contribution is -2.12. The van der Waals surface area contributed by atoms with E-state index in [2.05, 4.69) is 11.9 Å². The predicted octanol–water partition coefficient (Wildman–Crippen LogP) is 4.23. The summed E-state index contributed by atoms with van der Waals surface area (Å²) in [6, 6.07) is 3.23. The van der Waals surface area contributed by atoms with E-state index in [0.717, 1.165) is 19.4 Å². The molecule has 0 fully saturated rings. The van der Waals surface area contributed by atoms with Gasteiger partial charge in [0, 0.05) is 24.5 Å². The molecule has 0 amide bonds. The minimum absolute atomic E-state index is 0.186. The summed E-state index contributed by atoms with van der Waals surface area (Å²) < 4.78 is 6.91. The highest BCUT2D eigenvalue weighted by Crippen LogP contribution is 2.35. The number of hydrogen-bond acceptors (Lipinski definition) is 3. The highest BCUT2D eigenvalue weighted by molar-refractivity contribution is 6.45. The smallest absolute Gasteiger partial charge is 0.230 e. The van der Waals surface area contributed by atoms with E-state index >= 15 is 0 Å². The van der Waals surface area contributed by atoms with Crippen LogP contribution in [-0.2, 0) is 6.54 Å². The van der Waals surface area contributed by atoms with Crippen LogP contribution in [0.15, 0.2) is 24.5 Å². The van der Waals surface area contributed by atoms with Gasteiger partial charge in [-0.25, -0.2) is 4.98 Å². The maximum atomic E-state index is 12.6. The fraction of sp³-hybridized carbons (Fsp3) is 0.333. The molecular formula is C15H16Cl2N2O2. The largest absolute Gasteiger partial charge is 0.495 e. The molecule has 1 heterocycles. The molecule has 4 nitrogen and oxygen atoms in total. The van der Waals surface area contributed by atoms with Gasteiger partial charge in [0.05, 0.1) is 12.1 Å². The van der Waals surface area contributed by atoms with E-state index < -0.39 is 0 Å². The molecule has 0 aliphatic heterocycles. The maximum Gasteiger partial charge on any atom is 0.230 e. The van der Waals surface area contributed by atoms with Crippen LogP contribution in [0.2, 0.25) is 10.0 Å². The molecule has 0 spiro atoms.